The van der Waals surface area contributed by atoms with E-state index in [1.807, 2.05) is 11.0 Å². The van der Waals surface area contributed by atoms with E-state index >= 15 is 0 Å². The topological polar surface area (TPSA) is 72.1 Å². The zero-order valence-electron chi connectivity index (χ0n) is 10.7. The van der Waals surface area contributed by atoms with E-state index in [-0.39, 0.29) is 11.9 Å². The third-order valence-corrected chi connectivity index (χ3v) is 4.17. The van der Waals surface area contributed by atoms with E-state index in [1.165, 1.54) is 0 Å². The van der Waals surface area contributed by atoms with Gasteiger partial charge in [-0.1, -0.05) is 0 Å². The number of anilines is 1. The summed E-state index contributed by atoms with van der Waals surface area (Å²) in [6.45, 7) is 0.834. The SMILES string of the molecule is NC(=O)C1CCCCN1c1cc(Br)nc(C2CC2)n1. The number of nitrogens with two attached hydrogens (primary N) is 1. The fraction of sp³-hybridized carbons (Fsp3) is 0.615. The molecular weight excluding hydrogens is 308 g/mol. The van der Waals surface area contributed by atoms with Gasteiger partial charge < -0.3 is 10.6 Å². The van der Waals surface area contributed by atoms with Crippen LogP contribution in [0.4, 0.5) is 5.82 Å². The zero-order chi connectivity index (χ0) is 13.4. The number of carbonyl (C=O) groups is 1. The van der Waals surface area contributed by atoms with Gasteiger partial charge in [0.05, 0.1) is 0 Å². The second-order valence-corrected chi connectivity index (χ2v) is 6.10. The van der Waals surface area contributed by atoms with Crippen LogP contribution in [0.25, 0.3) is 0 Å². The number of rotatable bonds is 3. The fourth-order valence-electron chi connectivity index (χ4n) is 2.60. The minimum atomic E-state index is -0.262. The molecule has 2 fully saturated rings. The Labute approximate surface area is 120 Å². The van der Waals surface area contributed by atoms with Gasteiger partial charge in [0.15, 0.2) is 0 Å². The average Bonchev–Trinajstić information content (AvgIpc) is 3.22. The summed E-state index contributed by atoms with van der Waals surface area (Å²) in [5, 5.41) is 0. The van der Waals surface area contributed by atoms with Crippen molar-refractivity contribution in [2.24, 2.45) is 5.73 Å². The van der Waals surface area contributed by atoms with E-state index in [1.54, 1.807) is 0 Å². The van der Waals surface area contributed by atoms with Gasteiger partial charge in [-0.3, -0.25) is 4.79 Å². The van der Waals surface area contributed by atoms with Crippen LogP contribution in [0.3, 0.4) is 0 Å². The molecule has 1 saturated carbocycles. The summed E-state index contributed by atoms with van der Waals surface area (Å²) in [6, 6.07) is 1.65. The van der Waals surface area contributed by atoms with Gasteiger partial charge in [-0.25, -0.2) is 9.97 Å². The standard InChI is InChI=1S/C13H17BrN4O/c14-10-7-11(17-13(16-10)8-4-5-8)18-6-2-1-3-9(18)12(15)19/h7-9H,1-6H2,(H2,15,19). The first-order valence-electron chi connectivity index (χ1n) is 6.75. The summed E-state index contributed by atoms with van der Waals surface area (Å²) in [7, 11) is 0. The molecule has 102 valence electrons. The van der Waals surface area contributed by atoms with E-state index in [4.69, 9.17) is 5.73 Å². The van der Waals surface area contributed by atoms with Crippen LogP contribution in [0.15, 0.2) is 10.7 Å². The number of aromatic nitrogens is 2. The molecule has 0 spiro atoms. The molecule has 19 heavy (non-hydrogen) atoms. The maximum atomic E-state index is 11.6. The molecule has 1 amide bonds. The van der Waals surface area contributed by atoms with Crippen molar-refractivity contribution in [3.63, 3.8) is 0 Å². The molecule has 1 unspecified atom stereocenters. The van der Waals surface area contributed by atoms with Crippen LogP contribution in [0, 0.1) is 0 Å². The van der Waals surface area contributed by atoms with Crippen molar-refractivity contribution >= 4 is 27.7 Å². The average molecular weight is 325 g/mol. The minimum Gasteiger partial charge on any atom is -0.368 e. The van der Waals surface area contributed by atoms with Gasteiger partial charge in [0, 0.05) is 18.5 Å². The number of carbonyl (C=O) groups excluding carboxylic acids is 1. The Morgan fingerprint density at radius 3 is 2.79 bits per heavy atom. The summed E-state index contributed by atoms with van der Waals surface area (Å²) in [6.07, 6.45) is 5.26. The first-order chi connectivity index (χ1) is 9.15. The minimum absolute atomic E-state index is 0.234. The van der Waals surface area contributed by atoms with E-state index in [2.05, 4.69) is 25.9 Å². The first kappa shape index (κ1) is 12.8. The molecule has 2 heterocycles. The highest BCUT2D eigenvalue weighted by molar-refractivity contribution is 9.10. The lowest BCUT2D eigenvalue weighted by atomic mass is 10.0. The second kappa shape index (κ2) is 5.07. The van der Waals surface area contributed by atoms with Crippen LogP contribution in [-0.4, -0.2) is 28.5 Å². The second-order valence-electron chi connectivity index (χ2n) is 5.29. The molecule has 5 nitrogen and oxygen atoms in total. The summed E-state index contributed by atoms with van der Waals surface area (Å²) >= 11 is 3.44. The molecule has 3 rings (SSSR count). The lowest BCUT2D eigenvalue weighted by Gasteiger charge is -2.34. The van der Waals surface area contributed by atoms with E-state index < -0.39 is 0 Å². The number of primary amides is 1. The molecule has 2 N–H and O–H groups in total. The Kier molecular flexibility index (Phi) is 3.43. The summed E-state index contributed by atoms with van der Waals surface area (Å²) in [4.78, 5) is 22.7. The molecule has 0 aromatic carbocycles. The van der Waals surface area contributed by atoms with Gasteiger partial charge in [-0.05, 0) is 48.0 Å². The molecular formula is C13H17BrN4O. The van der Waals surface area contributed by atoms with Gasteiger partial charge in [0.1, 0.15) is 22.3 Å². The number of halogens is 1. The number of amides is 1. The normalized spacial score (nSPS) is 23.4. The van der Waals surface area contributed by atoms with Crippen LogP contribution in [0.1, 0.15) is 43.8 Å². The molecule has 0 radical (unpaired) electrons. The summed E-state index contributed by atoms with van der Waals surface area (Å²) in [5.74, 6) is 1.95. The monoisotopic (exact) mass is 324 g/mol. The van der Waals surface area contributed by atoms with Crippen LogP contribution in [-0.2, 0) is 4.79 Å². The van der Waals surface area contributed by atoms with Crippen molar-refractivity contribution in [3.05, 3.63) is 16.5 Å². The third kappa shape index (κ3) is 2.73. The van der Waals surface area contributed by atoms with Crippen LogP contribution < -0.4 is 10.6 Å². The third-order valence-electron chi connectivity index (χ3n) is 3.77. The molecule has 1 atom stereocenters. The quantitative estimate of drug-likeness (QED) is 0.863. The number of hydrogen-bond acceptors (Lipinski definition) is 4. The fourth-order valence-corrected chi connectivity index (χ4v) is 2.98. The van der Waals surface area contributed by atoms with E-state index in [0.29, 0.717) is 5.92 Å². The van der Waals surface area contributed by atoms with Gasteiger partial charge in [0.25, 0.3) is 0 Å². The van der Waals surface area contributed by atoms with Crippen LogP contribution in [0.5, 0.6) is 0 Å². The lowest BCUT2D eigenvalue weighted by molar-refractivity contribution is -0.119. The molecule has 1 aliphatic heterocycles. The van der Waals surface area contributed by atoms with Crippen molar-refractivity contribution in [2.45, 2.75) is 44.1 Å². The zero-order valence-corrected chi connectivity index (χ0v) is 12.3. The molecule has 2 aliphatic rings. The van der Waals surface area contributed by atoms with Gasteiger partial charge in [-0.2, -0.15) is 0 Å². The highest BCUT2D eigenvalue weighted by Crippen LogP contribution is 2.39. The van der Waals surface area contributed by atoms with Crippen LogP contribution >= 0.6 is 15.9 Å². The van der Waals surface area contributed by atoms with E-state index in [9.17, 15) is 4.79 Å². The van der Waals surface area contributed by atoms with E-state index in [0.717, 1.165) is 54.9 Å². The Balaban J connectivity index is 1.92. The Hall–Kier alpha value is -1.17. The molecule has 1 aromatic heterocycles. The highest BCUT2D eigenvalue weighted by Gasteiger charge is 2.31. The number of hydrogen-bond donors (Lipinski definition) is 1. The van der Waals surface area contributed by atoms with Crippen molar-refractivity contribution in [1.29, 1.82) is 0 Å². The number of piperidine rings is 1. The molecule has 1 saturated heterocycles. The Morgan fingerprint density at radius 2 is 2.11 bits per heavy atom. The Bertz CT molecular complexity index is 503. The van der Waals surface area contributed by atoms with Gasteiger partial charge in [0.2, 0.25) is 5.91 Å². The first-order valence-corrected chi connectivity index (χ1v) is 7.55. The predicted octanol–water partition coefficient (Wildman–Crippen LogP) is 1.96. The van der Waals surface area contributed by atoms with Crippen molar-refractivity contribution in [3.8, 4) is 0 Å². The smallest absolute Gasteiger partial charge is 0.240 e. The highest BCUT2D eigenvalue weighted by atomic mass is 79.9. The largest absolute Gasteiger partial charge is 0.368 e. The lowest BCUT2D eigenvalue weighted by Crippen LogP contribution is -2.48. The molecule has 1 aromatic rings. The maximum absolute atomic E-state index is 11.6. The van der Waals surface area contributed by atoms with Crippen LogP contribution in [0.2, 0.25) is 0 Å². The Morgan fingerprint density at radius 1 is 1.32 bits per heavy atom. The number of nitrogens with zero attached hydrogens (tertiary/aromatic N) is 3. The summed E-state index contributed by atoms with van der Waals surface area (Å²) in [5.41, 5.74) is 5.51. The summed E-state index contributed by atoms with van der Waals surface area (Å²) < 4.78 is 0.785. The predicted molar refractivity (Wildman–Crippen MR) is 75.9 cm³/mol. The van der Waals surface area contributed by atoms with Gasteiger partial charge >= 0.3 is 0 Å². The maximum Gasteiger partial charge on any atom is 0.240 e. The molecule has 0 bridgehead atoms. The van der Waals surface area contributed by atoms with Crippen molar-refractivity contribution < 1.29 is 4.79 Å². The molecule has 6 heteroatoms. The van der Waals surface area contributed by atoms with Crippen molar-refractivity contribution in [1.82, 2.24) is 9.97 Å². The molecule has 1 aliphatic carbocycles. The van der Waals surface area contributed by atoms with Crippen molar-refractivity contribution in [2.75, 3.05) is 11.4 Å². The van der Waals surface area contributed by atoms with Gasteiger partial charge in [-0.15, -0.1) is 0 Å².